The summed E-state index contributed by atoms with van der Waals surface area (Å²) < 4.78 is 7.58. The number of anilines is 1. The number of rotatable bonds is 5. The van der Waals surface area contributed by atoms with Crippen molar-refractivity contribution in [3.05, 3.63) is 78.5 Å². The van der Waals surface area contributed by atoms with Gasteiger partial charge in [0.25, 0.3) is 5.91 Å². The maximum atomic E-state index is 12.9. The normalized spacial score (nSPS) is 16.3. The zero-order valence-electron chi connectivity index (χ0n) is 18.1. The van der Waals surface area contributed by atoms with E-state index in [-0.39, 0.29) is 5.91 Å². The maximum absolute atomic E-state index is 12.9. The third-order valence-corrected chi connectivity index (χ3v) is 5.72. The van der Waals surface area contributed by atoms with Crippen LogP contribution in [0.15, 0.2) is 72.3 Å². The molecule has 0 saturated carbocycles. The van der Waals surface area contributed by atoms with Crippen LogP contribution in [0, 0.1) is 0 Å². The smallest absolute Gasteiger partial charge is 0.274 e. The summed E-state index contributed by atoms with van der Waals surface area (Å²) in [6, 6.07) is 11.6. The van der Waals surface area contributed by atoms with Crippen LogP contribution in [0.5, 0.6) is 0 Å². The molecule has 2 aliphatic heterocycles. The highest BCUT2D eigenvalue weighted by atomic mass is 16.5. The van der Waals surface area contributed by atoms with Crippen molar-refractivity contribution < 1.29 is 9.53 Å². The van der Waals surface area contributed by atoms with E-state index in [2.05, 4.69) is 30.1 Å². The van der Waals surface area contributed by atoms with E-state index in [0.717, 1.165) is 55.0 Å². The highest BCUT2D eigenvalue weighted by molar-refractivity contribution is 6.03. The molecule has 4 heterocycles. The van der Waals surface area contributed by atoms with Gasteiger partial charge in [0.05, 0.1) is 0 Å². The minimum absolute atomic E-state index is 0.276. The van der Waals surface area contributed by atoms with E-state index < -0.39 is 0 Å². The molecule has 5 rings (SSSR count). The van der Waals surface area contributed by atoms with Crippen molar-refractivity contribution >= 4 is 23.4 Å². The molecule has 8 nitrogen and oxygen atoms in total. The number of carbonyl (C=O) groups is 1. The second-order valence-corrected chi connectivity index (χ2v) is 7.92. The first kappa shape index (κ1) is 21.0. The molecule has 0 atom stereocenters. The number of ether oxygens (including phenoxy) is 1. The van der Waals surface area contributed by atoms with Gasteiger partial charge in [-0.2, -0.15) is 0 Å². The quantitative estimate of drug-likeness (QED) is 0.638. The largest absolute Gasteiger partial charge is 0.381 e. The Morgan fingerprint density at radius 2 is 2.03 bits per heavy atom. The van der Waals surface area contributed by atoms with E-state index in [0.29, 0.717) is 17.4 Å². The van der Waals surface area contributed by atoms with Crippen LogP contribution < -0.4 is 5.32 Å². The van der Waals surface area contributed by atoms with Gasteiger partial charge in [0.15, 0.2) is 5.82 Å². The van der Waals surface area contributed by atoms with Crippen molar-refractivity contribution in [2.75, 3.05) is 18.5 Å². The molecule has 1 saturated heterocycles. The fraction of sp³-hybridized carbons (Fsp3) is 0.240. The second kappa shape index (κ2) is 9.70. The number of carbonyl (C=O) groups excluding carboxylic acids is 1. The number of amides is 1. The highest BCUT2D eigenvalue weighted by Gasteiger charge is 2.20. The summed E-state index contributed by atoms with van der Waals surface area (Å²) in [5, 5.41) is 11.4. The molecule has 0 bridgehead atoms. The molecule has 0 unspecified atom stereocenters. The number of aromatic nitrogens is 4. The molecule has 1 N–H and O–H groups in total. The number of nitrogens with zero attached hydrogens (tertiary/aromatic N) is 5. The highest BCUT2D eigenvalue weighted by Crippen LogP contribution is 2.28. The van der Waals surface area contributed by atoms with Gasteiger partial charge in [-0.1, -0.05) is 24.3 Å². The Morgan fingerprint density at radius 3 is 2.94 bits per heavy atom. The second-order valence-electron chi connectivity index (χ2n) is 7.92. The number of nitrogens with one attached hydrogen (secondary N) is 1. The summed E-state index contributed by atoms with van der Waals surface area (Å²) in [4.78, 5) is 21.5. The average molecular weight is 441 g/mol. The van der Waals surface area contributed by atoms with Gasteiger partial charge in [-0.15, -0.1) is 10.2 Å². The van der Waals surface area contributed by atoms with Crippen LogP contribution in [0.2, 0.25) is 0 Å². The molecular weight excluding hydrogens is 416 g/mol. The first-order valence-corrected chi connectivity index (χ1v) is 11.0. The zero-order chi connectivity index (χ0) is 22.5. The lowest BCUT2D eigenvalue weighted by Crippen LogP contribution is -2.19. The Balaban J connectivity index is 1.35. The summed E-state index contributed by atoms with van der Waals surface area (Å²) in [5.74, 6) is 0.507. The lowest BCUT2D eigenvalue weighted by atomic mass is 10.1. The molecule has 2 aromatic heterocycles. The maximum Gasteiger partial charge on any atom is 0.274 e. The summed E-state index contributed by atoms with van der Waals surface area (Å²) in [7, 11) is 0. The molecule has 1 aromatic carbocycles. The number of hydrogen-bond acceptors (Lipinski definition) is 6. The third-order valence-electron chi connectivity index (χ3n) is 5.72. The van der Waals surface area contributed by atoms with E-state index >= 15 is 0 Å². The van der Waals surface area contributed by atoms with Crippen molar-refractivity contribution in [2.24, 2.45) is 4.99 Å². The van der Waals surface area contributed by atoms with Crippen molar-refractivity contribution in [1.29, 1.82) is 0 Å². The molecule has 3 aromatic rings. The van der Waals surface area contributed by atoms with E-state index in [1.807, 2.05) is 48.7 Å². The number of allylic oxidation sites excluding steroid dienone is 3. The molecule has 0 spiro atoms. The summed E-state index contributed by atoms with van der Waals surface area (Å²) in [6.07, 6.45) is 13.7. The van der Waals surface area contributed by atoms with Gasteiger partial charge in [-0.3, -0.25) is 14.8 Å². The van der Waals surface area contributed by atoms with E-state index in [1.54, 1.807) is 24.8 Å². The fourth-order valence-corrected chi connectivity index (χ4v) is 4.01. The van der Waals surface area contributed by atoms with Crippen LogP contribution in [0.1, 0.15) is 41.4 Å². The van der Waals surface area contributed by atoms with Crippen molar-refractivity contribution in [1.82, 2.24) is 19.7 Å². The summed E-state index contributed by atoms with van der Waals surface area (Å²) in [5.41, 5.74) is 3.73. The number of hydrogen-bond donors (Lipinski definition) is 1. The first-order chi connectivity index (χ1) is 16.3. The average Bonchev–Trinajstić information content (AvgIpc) is 3.20. The van der Waals surface area contributed by atoms with Crippen LogP contribution in [0.4, 0.5) is 5.69 Å². The van der Waals surface area contributed by atoms with E-state index in [9.17, 15) is 4.79 Å². The predicted octanol–water partition coefficient (Wildman–Crippen LogP) is 4.32. The fourth-order valence-electron chi connectivity index (χ4n) is 4.01. The Kier molecular flexibility index (Phi) is 6.16. The van der Waals surface area contributed by atoms with Crippen molar-refractivity contribution in [3.8, 4) is 11.4 Å². The minimum atomic E-state index is -0.276. The predicted molar refractivity (Wildman–Crippen MR) is 127 cm³/mol. The Hall–Kier alpha value is -3.91. The van der Waals surface area contributed by atoms with E-state index in [4.69, 9.17) is 4.74 Å². The third kappa shape index (κ3) is 4.80. The molecule has 0 radical (unpaired) electrons. The monoisotopic (exact) mass is 440 g/mol. The van der Waals surface area contributed by atoms with Gasteiger partial charge < -0.3 is 14.6 Å². The van der Waals surface area contributed by atoms with Crippen LogP contribution in [-0.4, -0.2) is 45.1 Å². The van der Waals surface area contributed by atoms with Crippen LogP contribution in [0.25, 0.3) is 17.0 Å². The molecule has 1 amide bonds. The molecule has 2 aliphatic rings. The van der Waals surface area contributed by atoms with Gasteiger partial charge in [-0.25, -0.2) is 0 Å². The molecule has 1 fully saturated rings. The Morgan fingerprint density at radius 1 is 1.12 bits per heavy atom. The van der Waals surface area contributed by atoms with Crippen LogP contribution in [0.3, 0.4) is 0 Å². The number of aliphatic imine (C=N–C) groups is 1. The standard InChI is InChI=1S/C25H24N6O2/c32-25(23-15-18(7-11-27-23)20-4-1-2-10-26-16-20)29-21-6-3-5-19(14-21)24-30-28-17-31(24)22-8-12-33-13-9-22/h1,3-7,10-11,14-17,22H,2,8-9,12-13H2,(H,29,32). The number of pyridine rings is 1. The Bertz CT molecular complexity index is 1240. The van der Waals surface area contributed by atoms with Crippen molar-refractivity contribution in [3.63, 3.8) is 0 Å². The topological polar surface area (TPSA) is 94.3 Å². The van der Waals surface area contributed by atoms with E-state index in [1.165, 1.54) is 0 Å². The summed E-state index contributed by atoms with van der Waals surface area (Å²) >= 11 is 0. The van der Waals surface area contributed by atoms with Gasteiger partial charge in [0, 0.05) is 55.5 Å². The summed E-state index contributed by atoms with van der Waals surface area (Å²) in [6.45, 7) is 1.48. The van der Waals surface area contributed by atoms with Crippen LogP contribution in [-0.2, 0) is 4.74 Å². The first-order valence-electron chi connectivity index (χ1n) is 11.0. The van der Waals surface area contributed by atoms with Crippen LogP contribution >= 0.6 is 0 Å². The lowest BCUT2D eigenvalue weighted by molar-refractivity contribution is 0.0699. The van der Waals surface area contributed by atoms with Gasteiger partial charge >= 0.3 is 0 Å². The van der Waals surface area contributed by atoms with Crippen molar-refractivity contribution in [2.45, 2.75) is 25.3 Å². The molecule has 166 valence electrons. The molecule has 0 aliphatic carbocycles. The zero-order valence-corrected chi connectivity index (χ0v) is 18.1. The lowest BCUT2D eigenvalue weighted by Gasteiger charge is -2.24. The minimum Gasteiger partial charge on any atom is -0.381 e. The van der Waals surface area contributed by atoms with Gasteiger partial charge in [0.1, 0.15) is 12.0 Å². The van der Waals surface area contributed by atoms with Gasteiger partial charge in [0.2, 0.25) is 0 Å². The SMILES string of the molecule is O=C(Nc1cccc(-c2nncn2C2CCOCC2)c1)c1cc(C2=CN=CCC=C2)ccn1. The molecule has 33 heavy (non-hydrogen) atoms. The molecular formula is C25H24N6O2. The number of benzene rings is 1. The molecule has 8 heteroatoms. The van der Waals surface area contributed by atoms with Gasteiger partial charge in [-0.05, 0) is 48.2 Å². The Labute approximate surface area is 191 Å².